The molecule has 0 aliphatic heterocycles. The highest BCUT2D eigenvalue weighted by Gasteiger charge is 2.29. The van der Waals surface area contributed by atoms with Gasteiger partial charge in [-0.05, 0) is 61.4 Å². The van der Waals surface area contributed by atoms with Crippen LogP contribution in [0.5, 0.6) is 5.75 Å². The van der Waals surface area contributed by atoms with Crippen LogP contribution >= 0.6 is 0 Å². The Kier molecular flexibility index (Phi) is 5.38. The Balaban J connectivity index is 1.51. The van der Waals surface area contributed by atoms with Crippen molar-refractivity contribution in [1.29, 1.82) is 0 Å². The molecule has 0 spiro atoms. The number of ether oxygens (including phenoxy) is 1. The predicted molar refractivity (Wildman–Crippen MR) is 107 cm³/mol. The first-order valence-electron chi connectivity index (χ1n) is 9.52. The van der Waals surface area contributed by atoms with E-state index >= 15 is 0 Å². The Morgan fingerprint density at radius 1 is 0.862 bits per heavy atom. The number of hydrogen-bond donors (Lipinski definition) is 1. The van der Waals surface area contributed by atoms with Gasteiger partial charge in [0.1, 0.15) is 11.6 Å². The summed E-state index contributed by atoms with van der Waals surface area (Å²) in [7, 11) is 0. The SMILES string of the molecule is O=C(c1ccc(F)cc1)c1ccc(OC(C(=O)NC2CC2)c2ccccc2)cc1. The van der Waals surface area contributed by atoms with E-state index in [1.165, 1.54) is 24.3 Å². The largest absolute Gasteiger partial charge is 0.476 e. The number of hydrogen-bond acceptors (Lipinski definition) is 3. The molecule has 3 aromatic carbocycles. The second-order valence-electron chi connectivity index (χ2n) is 7.05. The van der Waals surface area contributed by atoms with Crippen molar-refractivity contribution in [2.45, 2.75) is 25.0 Å². The van der Waals surface area contributed by atoms with E-state index in [2.05, 4.69) is 5.32 Å². The van der Waals surface area contributed by atoms with Gasteiger partial charge in [0.2, 0.25) is 6.10 Å². The molecule has 4 nitrogen and oxygen atoms in total. The van der Waals surface area contributed by atoms with E-state index < -0.39 is 6.10 Å². The Labute approximate surface area is 168 Å². The monoisotopic (exact) mass is 389 g/mol. The van der Waals surface area contributed by atoms with Crippen molar-refractivity contribution in [2.24, 2.45) is 0 Å². The topological polar surface area (TPSA) is 55.4 Å². The molecule has 1 fully saturated rings. The van der Waals surface area contributed by atoms with Crippen molar-refractivity contribution in [3.05, 3.63) is 101 Å². The molecule has 3 aromatic rings. The fraction of sp³-hybridized carbons (Fsp3) is 0.167. The molecule has 1 amide bonds. The third kappa shape index (κ3) is 4.69. The standard InChI is InChI=1S/C24H20FNO3/c25-19-10-6-16(7-11-19)22(27)17-8-14-21(15-9-17)29-23(18-4-2-1-3-5-18)24(28)26-20-12-13-20/h1-11,14-15,20,23H,12-13H2,(H,26,28). The van der Waals surface area contributed by atoms with Crippen molar-refractivity contribution in [3.8, 4) is 5.75 Å². The molecule has 4 rings (SSSR count). The molecule has 1 N–H and O–H groups in total. The fourth-order valence-corrected chi connectivity index (χ4v) is 2.99. The summed E-state index contributed by atoms with van der Waals surface area (Å²) >= 11 is 0. The lowest BCUT2D eigenvalue weighted by Crippen LogP contribution is -2.33. The van der Waals surface area contributed by atoms with E-state index in [-0.39, 0.29) is 23.5 Å². The fourth-order valence-electron chi connectivity index (χ4n) is 2.99. The van der Waals surface area contributed by atoms with Crippen molar-refractivity contribution in [3.63, 3.8) is 0 Å². The normalized spacial score (nSPS) is 14.1. The van der Waals surface area contributed by atoms with Crippen LogP contribution in [-0.2, 0) is 4.79 Å². The minimum Gasteiger partial charge on any atom is -0.476 e. The van der Waals surface area contributed by atoms with Gasteiger partial charge in [0.25, 0.3) is 5.91 Å². The molecular weight excluding hydrogens is 369 g/mol. The van der Waals surface area contributed by atoms with Crippen molar-refractivity contribution >= 4 is 11.7 Å². The molecule has 1 aliphatic rings. The quantitative estimate of drug-likeness (QED) is 0.607. The molecule has 5 heteroatoms. The minimum atomic E-state index is -0.768. The average Bonchev–Trinajstić information content (AvgIpc) is 3.57. The van der Waals surface area contributed by atoms with Crippen molar-refractivity contribution < 1.29 is 18.7 Å². The molecule has 0 radical (unpaired) electrons. The van der Waals surface area contributed by atoms with Crippen LogP contribution in [0.4, 0.5) is 4.39 Å². The van der Waals surface area contributed by atoms with E-state index in [4.69, 9.17) is 4.74 Å². The summed E-state index contributed by atoms with van der Waals surface area (Å²) in [6, 6.07) is 21.6. The lowest BCUT2D eigenvalue weighted by Gasteiger charge is -2.19. The lowest BCUT2D eigenvalue weighted by atomic mass is 10.0. The van der Waals surface area contributed by atoms with Crippen molar-refractivity contribution in [2.75, 3.05) is 0 Å². The minimum absolute atomic E-state index is 0.176. The van der Waals surface area contributed by atoms with Gasteiger partial charge in [-0.3, -0.25) is 9.59 Å². The van der Waals surface area contributed by atoms with Gasteiger partial charge >= 0.3 is 0 Å². The van der Waals surface area contributed by atoms with Gasteiger partial charge in [0.05, 0.1) is 0 Å². The van der Waals surface area contributed by atoms with Gasteiger partial charge < -0.3 is 10.1 Å². The van der Waals surface area contributed by atoms with Crippen LogP contribution in [-0.4, -0.2) is 17.7 Å². The second kappa shape index (κ2) is 8.27. The first-order valence-corrected chi connectivity index (χ1v) is 9.52. The highest BCUT2D eigenvalue weighted by Crippen LogP contribution is 2.26. The number of carbonyl (C=O) groups is 2. The van der Waals surface area contributed by atoms with E-state index in [1.807, 2.05) is 30.3 Å². The van der Waals surface area contributed by atoms with E-state index in [0.29, 0.717) is 16.9 Å². The van der Waals surface area contributed by atoms with Crippen LogP contribution in [0.25, 0.3) is 0 Å². The smallest absolute Gasteiger partial charge is 0.266 e. The lowest BCUT2D eigenvalue weighted by molar-refractivity contribution is -0.128. The third-order valence-electron chi connectivity index (χ3n) is 4.74. The van der Waals surface area contributed by atoms with Crippen LogP contribution in [0.15, 0.2) is 78.9 Å². The summed E-state index contributed by atoms with van der Waals surface area (Å²) in [6.45, 7) is 0. The Morgan fingerprint density at radius 2 is 1.45 bits per heavy atom. The highest BCUT2D eigenvalue weighted by molar-refractivity contribution is 6.09. The van der Waals surface area contributed by atoms with E-state index in [9.17, 15) is 14.0 Å². The summed E-state index contributed by atoms with van der Waals surface area (Å²) in [5.74, 6) is -0.282. The number of benzene rings is 3. The molecule has 146 valence electrons. The molecule has 0 bridgehead atoms. The van der Waals surface area contributed by atoms with E-state index in [0.717, 1.165) is 18.4 Å². The maximum Gasteiger partial charge on any atom is 0.266 e. The highest BCUT2D eigenvalue weighted by atomic mass is 19.1. The number of ketones is 1. The van der Waals surface area contributed by atoms with Gasteiger partial charge in [0, 0.05) is 22.7 Å². The summed E-state index contributed by atoms with van der Waals surface area (Å²) in [6.07, 6.45) is 1.22. The summed E-state index contributed by atoms with van der Waals surface area (Å²) in [5, 5.41) is 2.98. The zero-order chi connectivity index (χ0) is 20.2. The van der Waals surface area contributed by atoms with Gasteiger partial charge in [-0.1, -0.05) is 30.3 Å². The van der Waals surface area contributed by atoms with Gasteiger partial charge in [-0.2, -0.15) is 0 Å². The maximum absolute atomic E-state index is 13.1. The molecular formula is C24H20FNO3. The van der Waals surface area contributed by atoms with Crippen LogP contribution in [0.2, 0.25) is 0 Å². The number of amides is 1. The zero-order valence-electron chi connectivity index (χ0n) is 15.7. The van der Waals surface area contributed by atoms with Crippen LogP contribution in [0.1, 0.15) is 40.4 Å². The Morgan fingerprint density at radius 3 is 2.03 bits per heavy atom. The molecule has 1 aliphatic carbocycles. The second-order valence-corrected chi connectivity index (χ2v) is 7.05. The van der Waals surface area contributed by atoms with Gasteiger partial charge in [-0.15, -0.1) is 0 Å². The number of nitrogens with one attached hydrogen (secondary N) is 1. The zero-order valence-corrected chi connectivity index (χ0v) is 15.7. The van der Waals surface area contributed by atoms with E-state index in [1.54, 1.807) is 24.3 Å². The molecule has 0 aromatic heterocycles. The molecule has 1 saturated carbocycles. The predicted octanol–water partition coefficient (Wildman–Crippen LogP) is 4.46. The Hall–Kier alpha value is -3.47. The number of carbonyl (C=O) groups excluding carboxylic acids is 2. The van der Waals surface area contributed by atoms with Crippen LogP contribution < -0.4 is 10.1 Å². The Bertz CT molecular complexity index is 997. The van der Waals surface area contributed by atoms with Crippen molar-refractivity contribution in [1.82, 2.24) is 5.32 Å². The maximum atomic E-state index is 13.1. The van der Waals surface area contributed by atoms with Gasteiger partial charge in [0.15, 0.2) is 5.78 Å². The summed E-state index contributed by atoms with van der Waals surface area (Å²) < 4.78 is 19.0. The van der Waals surface area contributed by atoms with Crippen LogP contribution in [0, 0.1) is 5.82 Å². The number of halogens is 1. The van der Waals surface area contributed by atoms with Crippen LogP contribution in [0.3, 0.4) is 0 Å². The third-order valence-corrected chi connectivity index (χ3v) is 4.74. The first kappa shape index (κ1) is 18.9. The van der Waals surface area contributed by atoms with Gasteiger partial charge in [-0.25, -0.2) is 4.39 Å². The number of rotatable bonds is 7. The molecule has 1 unspecified atom stereocenters. The first-order chi connectivity index (χ1) is 14.1. The summed E-state index contributed by atoms with van der Waals surface area (Å²) in [5.41, 5.74) is 1.63. The molecule has 1 atom stereocenters. The average molecular weight is 389 g/mol. The molecule has 29 heavy (non-hydrogen) atoms. The summed E-state index contributed by atoms with van der Waals surface area (Å²) in [4.78, 5) is 25.2. The molecule has 0 heterocycles. The molecule has 0 saturated heterocycles.